The molecule has 2 aromatic carbocycles. The molecule has 2 rings (SSSR count). The number of rotatable bonds is 3. The summed E-state index contributed by atoms with van der Waals surface area (Å²) >= 11 is 9.44. The molecule has 4 nitrogen and oxygen atoms in total. The van der Waals surface area contributed by atoms with E-state index in [1.165, 1.54) is 0 Å². The van der Waals surface area contributed by atoms with Gasteiger partial charge in [-0.15, -0.1) is 0 Å². The van der Waals surface area contributed by atoms with Crippen LogP contribution in [0.15, 0.2) is 40.9 Å². The SMILES string of the molecule is NC(=O)c1ccc(N)cc1Nc1ccc(Br)cc1Cl. The molecular weight excluding hydrogens is 330 g/mol. The minimum atomic E-state index is -0.532. The van der Waals surface area contributed by atoms with Crippen LogP contribution in [0.4, 0.5) is 17.1 Å². The lowest BCUT2D eigenvalue weighted by Gasteiger charge is -2.12. The van der Waals surface area contributed by atoms with E-state index in [-0.39, 0.29) is 0 Å². The third-order valence-corrected chi connectivity index (χ3v) is 3.32. The average molecular weight is 341 g/mol. The van der Waals surface area contributed by atoms with Gasteiger partial charge in [0.1, 0.15) is 0 Å². The van der Waals surface area contributed by atoms with Crippen molar-refractivity contribution in [2.24, 2.45) is 5.73 Å². The van der Waals surface area contributed by atoms with Crippen molar-refractivity contribution in [1.29, 1.82) is 0 Å². The highest BCUT2D eigenvalue weighted by Gasteiger charge is 2.10. The zero-order chi connectivity index (χ0) is 14.0. The Morgan fingerprint density at radius 2 is 1.89 bits per heavy atom. The van der Waals surface area contributed by atoms with E-state index in [2.05, 4.69) is 21.2 Å². The number of hydrogen-bond acceptors (Lipinski definition) is 3. The second-order valence-electron chi connectivity index (χ2n) is 3.92. The highest BCUT2D eigenvalue weighted by atomic mass is 79.9. The topological polar surface area (TPSA) is 81.1 Å². The fraction of sp³-hybridized carbons (Fsp3) is 0. The molecule has 0 fully saturated rings. The third-order valence-electron chi connectivity index (χ3n) is 2.51. The van der Waals surface area contributed by atoms with Crippen molar-refractivity contribution in [1.82, 2.24) is 0 Å². The Labute approximate surface area is 123 Å². The predicted molar refractivity (Wildman–Crippen MR) is 81.8 cm³/mol. The normalized spacial score (nSPS) is 10.2. The molecule has 6 heteroatoms. The summed E-state index contributed by atoms with van der Waals surface area (Å²) in [5.41, 5.74) is 13.1. The van der Waals surface area contributed by atoms with Crippen molar-refractivity contribution < 1.29 is 4.79 Å². The number of halogens is 2. The van der Waals surface area contributed by atoms with Gasteiger partial charge in [-0.25, -0.2) is 0 Å². The van der Waals surface area contributed by atoms with Gasteiger partial charge in [0, 0.05) is 10.2 Å². The molecule has 0 aliphatic heterocycles. The quantitative estimate of drug-likeness (QED) is 0.748. The highest BCUT2D eigenvalue weighted by molar-refractivity contribution is 9.10. The summed E-state index contributed by atoms with van der Waals surface area (Å²) in [7, 11) is 0. The van der Waals surface area contributed by atoms with E-state index in [4.69, 9.17) is 23.1 Å². The van der Waals surface area contributed by atoms with Gasteiger partial charge in [-0.1, -0.05) is 27.5 Å². The summed E-state index contributed by atoms with van der Waals surface area (Å²) in [6.07, 6.45) is 0. The number of carbonyl (C=O) groups is 1. The number of hydrogen-bond donors (Lipinski definition) is 3. The smallest absolute Gasteiger partial charge is 0.250 e. The van der Waals surface area contributed by atoms with Crippen LogP contribution in [-0.2, 0) is 0 Å². The molecule has 0 spiro atoms. The van der Waals surface area contributed by atoms with Gasteiger partial charge >= 0.3 is 0 Å². The molecule has 2 aromatic rings. The Morgan fingerprint density at radius 1 is 1.16 bits per heavy atom. The monoisotopic (exact) mass is 339 g/mol. The number of anilines is 3. The first-order valence-electron chi connectivity index (χ1n) is 5.39. The molecule has 0 saturated heterocycles. The molecule has 19 heavy (non-hydrogen) atoms. The number of nitrogen functional groups attached to an aromatic ring is 1. The van der Waals surface area contributed by atoms with Gasteiger partial charge in [0.2, 0.25) is 0 Å². The fourth-order valence-electron chi connectivity index (χ4n) is 1.62. The van der Waals surface area contributed by atoms with Crippen LogP contribution in [0.2, 0.25) is 5.02 Å². The lowest BCUT2D eigenvalue weighted by Crippen LogP contribution is -2.13. The third kappa shape index (κ3) is 3.19. The van der Waals surface area contributed by atoms with Crippen LogP contribution in [0, 0.1) is 0 Å². The van der Waals surface area contributed by atoms with Gasteiger partial charge in [-0.3, -0.25) is 4.79 Å². The summed E-state index contributed by atoms with van der Waals surface area (Å²) in [6.45, 7) is 0. The Kier molecular flexibility index (Phi) is 3.97. The minimum Gasteiger partial charge on any atom is -0.399 e. The Bertz CT molecular complexity index is 646. The largest absolute Gasteiger partial charge is 0.399 e. The van der Waals surface area contributed by atoms with Crippen molar-refractivity contribution in [3.05, 3.63) is 51.5 Å². The maximum Gasteiger partial charge on any atom is 0.250 e. The first kappa shape index (κ1) is 13.7. The molecule has 0 aromatic heterocycles. The zero-order valence-electron chi connectivity index (χ0n) is 9.78. The second-order valence-corrected chi connectivity index (χ2v) is 5.24. The first-order valence-corrected chi connectivity index (χ1v) is 6.56. The van der Waals surface area contributed by atoms with Gasteiger partial charge in [0.15, 0.2) is 0 Å². The summed E-state index contributed by atoms with van der Waals surface area (Å²) in [4.78, 5) is 11.4. The zero-order valence-corrected chi connectivity index (χ0v) is 12.1. The van der Waals surface area contributed by atoms with Crippen molar-refractivity contribution >= 4 is 50.5 Å². The van der Waals surface area contributed by atoms with Crippen molar-refractivity contribution in [2.45, 2.75) is 0 Å². The minimum absolute atomic E-state index is 0.355. The van der Waals surface area contributed by atoms with Gasteiger partial charge in [-0.05, 0) is 36.4 Å². The van der Waals surface area contributed by atoms with Crippen LogP contribution < -0.4 is 16.8 Å². The molecule has 0 atom stereocenters. The maximum absolute atomic E-state index is 11.4. The Balaban J connectivity index is 2.42. The van der Waals surface area contributed by atoms with E-state index in [9.17, 15) is 4.79 Å². The summed E-state index contributed by atoms with van der Waals surface area (Å²) in [6, 6.07) is 10.2. The van der Waals surface area contributed by atoms with Crippen molar-refractivity contribution in [2.75, 3.05) is 11.1 Å². The molecule has 0 heterocycles. The molecule has 1 amide bonds. The fourth-order valence-corrected chi connectivity index (χ4v) is 2.34. The van der Waals surface area contributed by atoms with Gasteiger partial charge in [-0.2, -0.15) is 0 Å². The molecule has 0 unspecified atom stereocenters. The van der Waals surface area contributed by atoms with Crippen LogP contribution in [0.25, 0.3) is 0 Å². The predicted octanol–water partition coefficient (Wildman–Crippen LogP) is 3.53. The van der Waals surface area contributed by atoms with E-state index >= 15 is 0 Å². The van der Waals surface area contributed by atoms with Crippen LogP contribution in [0.3, 0.4) is 0 Å². The molecule has 5 N–H and O–H groups in total. The molecule has 0 bridgehead atoms. The Morgan fingerprint density at radius 3 is 2.53 bits per heavy atom. The number of amides is 1. The molecule has 0 radical (unpaired) electrons. The summed E-state index contributed by atoms with van der Waals surface area (Å²) in [5.74, 6) is -0.532. The van der Waals surface area contributed by atoms with Crippen LogP contribution in [0.1, 0.15) is 10.4 Å². The summed E-state index contributed by atoms with van der Waals surface area (Å²) < 4.78 is 0.866. The van der Waals surface area contributed by atoms with Gasteiger partial charge in [0.05, 0.1) is 22.0 Å². The van der Waals surface area contributed by atoms with Crippen molar-refractivity contribution in [3.8, 4) is 0 Å². The van der Waals surface area contributed by atoms with E-state index in [1.54, 1.807) is 30.3 Å². The average Bonchev–Trinajstić information content (AvgIpc) is 2.32. The molecule has 0 aliphatic carbocycles. The lowest BCUT2D eigenvalue weighted by atomic mass is 10.1. The van der Waals surface area contributed by atoms with E-state index < -0.39 is 5.91 Å². The number of nitrogens with one attached hydrogen (secondary N) is 1. The first-order chi connectivity index (χ1) is 8.97. The molecule has 0 aliphatic rings. The van der Waals surface area contributed by atoms with E-state index in [0.29, 0.717) is 27.6 Å². The highest BCUT2D eigenvalue weighted by Crippen LogP contribution is 2.30. The van der Waals surface area contributed by atoms with E-state index in [0.717, 1.165) is 4.47 Å². The number of nitrogens with two attached hydrogens (primary N) is 2. The number of primary amides is 1. The van der Waals surface area contributed by atoms with Gasteiger partial charge in [0.25, 0.3) is 5.91 Å². The standard InChI is InChI=1S/C13H11BrClN3O/c14-7-1-4-11(10(15)5-7)18-12-6-8(16)2-3-9(12)13(17)19/h1-6,18H,16H2,(H2,17,19). The molecular formula is C13H11BrClN3O. The van der Waals surface area contributed by atoms with Crippen LogP contribution in [-0.4, -0.2) is 5.91 Å². The molecule has 0 saturated carbocycles. The number of benzene rings is 2. The van der Waals surface area contributed by atoms with E-state index in [1.807, 2.05) is 6.07 Å². The maximum atomic E-state index is 11.4. The molecule has 98 valence electrons. The van der Waals surface area contributed by atoms with Crippen LogP contribution >= 0.6 is 27.5 Å². The van der Waals surface area contributed by atoms with Crippen molar-refractivity contribution in [3.63, 3.8) is 0 Å². The van der Waals surface area contributed by atoms with Crippen LogP contribution in [0.5, 0.6) is 0 Å². The lowest BCUT2D eigenvalue weighted by molar-refractivity contribution is 0.100. The van der Waals surface area contributed by atoms with Gasteiger partial charge < -0.3 is 16.8 Å². The second kappa shape index (κ2) is 5.50. The Hall–Kier alpha value is -1.72. The summed E-state index contributed by atoms with van der Waals surface area (Å²) in [5, 5.41) is 3.58. The number of carbonyl (C=O) groups excluding carboxylic acids is 1.